The number of likely N-dealkylation sites (N-methyl/N-ethyl adjacent to an activating group) is 1. The normalized spacial score (nSPS) is 20.5. The number of hydrogen-bond acceptors (Lipinski definition) is 5. The van der Waals surface area contributed by atoms with E-state index in [1.807, 2.05) is 52.6 Å². The number of hydrogen-bond donors (Lipinski definition) is 2. The molecule has 2 N–H and O–H groups in total. The highest BCUT2D eigenvalue weighted by Crippen LogP contribution is 2.29. The largest absolute Gasteiger partial charge is 0.497 e. The van der Waals surface area contributed by atoms with E-state index in [0.717, 1.165) is 42.3 Å². The zero-order chi connectivity index (χ0) is 26.7. The molecule has 9 nitrogen and oxygen atoms in total. The standard InChI is InChI=1S/C28H41N5O4/c1-18-17-32(27(35)24-15-21-11-12-22(37-5)16-23(21)31(24)4)13-14-33(18)28(36)25(20-9-7-6-8-10-20)30-26(34)19(2)29-3/h11-12,15-16,18-20,25,29H,6-10,13-14,17H2,1-5H3,(H,30,34)/t18-,19?,25?/m1/s1. The smallest absolute Gasteiger partial charge is 0.270 e. The van der Waals surface area contributed by atoms with Gasteiger partial charge in [-0.15, -0.1) is 0 Å². The summed E-state index contributed by atoms with van der Waals surface area (Å²) in [6.45, 7) is 5.14. The third-order valence-electron chi connectivity index (χ3n) is 8.18. The second-order valence-electron chi connectivity index (χ2n) is 10.5. The molecule has 9 heteroatoms. The maximum atomic E-state index is 13.8. The van der Waals surface area contributed by atoms with E-state index in [0.29, 0.717) is 25.3 Å². The number of methoxy groups -OCH3 is 1. The van der Waals surface area contributed by atoms with Gasteiger partial charge in [-0.05, 0) is 57.9 Å². The lowest BCUT2D eigenvalue weighted by Gasteiger charge is -2.43. The van der Waals surface area contributed by atoms with Crippen LogP contribution in [0.5, 0.6) is 5.75 Å². The van der Waals surface area contributed by atoms with Gasteiger partial charge in [-0.2, -0.15) is 0 Å². The highest BCUT2D eigenvalue weighted by atomic mass is 16.5. The van der Waals surface area contributed by atoms with Gasteiger partial charge in [0.15, 0.2) is 0 Å². The van der Waals surface area contributed by atoms with Gasteiger partial charge >= 0.3 is 0 Å². The molecule has 37 heavy (non-hydrogen) atoms. The fraction of sp³-hybridized carbons (Fsp3) is 0.607. The van der Waals surface area contributed by atoms with Gasteiger partial charge in [-0.1, -0.05) is 19.3 Å². The summed E-state index contributed by atoms with van der Waals surface area (Å²) >= 11 is 0. The molecule has 2 heterocycles. The van der Waals surface area contributed by atoms with Crippen LogP contribution in [-0.4, -0.2) is 84.0 Å². The van der Waals surface area contributed by atoms with Crippen molar-refractivity contribution < 1.29 is 19.1 Å². The molecule has 1 aliphatic carbocycles. The predicted octanol–water partition coefficient (Wildman–Crippen LogP) is 2.53. The van der Waals surface area contributed by atoms with E-state index >= 15 is 0 Å². The van der Waals surface area contributed by atoms with Crippen LogP contribution in [0.1, 0.15) is 56.4 Å². The highest BCUT2D eigenvalue weighted by Gasteiger charge is 2.38. The van der Waals surface area contributed by atoms with Gasteiger partial charge in [-0.3, -0.25) is 14.4 Å². The molecule has 1 aromatic heterocycles. The van der Waals surface area contributed by atoms with Gasteiger partial charge in [-0.25, -0.2) is 0 Å². The molecule has 3 atom stereocenters. The van der Waals surface area contributed by atoms with Crippen LogP contribution >= 0.6 is 0 Å². The number of fused-ring (bicyclic) bond motifs is 1. The molecule has 4 rings (SSSR count). The Hall–Kier alpha value is -3.07. The van der Waals surface area contributed by atoms with E-state index in [2.05, 4.69) is 10.6 Å². The number of rotatable bonds is 7. The molecule has 0 bridgehead atoms. The first-order valence-electron chi connectivity index (χ1n) is 13.5. The molecule has 2 unspecified atom stereocenters. The van der Waals surface area contributed by atoms with Crippen LogP contribution < -0.4 is 15.4 Å². The van der Waals surface area contributed by atoms with E-state index in [1.54, 1.807) is 21.1 Å². The first-order valence-corrected chi connectivity index (χ1v) is 13.5. The summed E-state index contributed by atoms with van der Waals surface area (Å²) in [5.41, 5.74) is 1.55. The van der Waals surface area contributed by atoms with Crippen molar-refractivity contribution in [3.63, 3.8) is 0 Å². The summed E-state index contributed by atoms with van der Waals surface area (Å²) in [6.07, 6.45) is 5.24. The van der Waals surface area contributed by atoms with Crippen molar-refractivity contribution in [3.8, 4) is 5.75 Å². The molecule has 2 fully saturated rings. The molecule has 0 radical (unpaired) electrons. The van der Waals surface area contributed by atoms with Crippen LogP contribution in [0, 0.1) is 5.92 Å². The van der Waals surface area contributed by atoms with Crippen molar-refractivity contribution in [1.82, 2.24) is 25.0 Å². The number of nitrogens with zero attached hydrogens (tertiary/aromatic N) is 3. The fourth-order valence-electron chi connectivity index (χ4n) is 5.71. The van der Waals surface area contributed by atoms with Gasteiger partial charge in [0.1, 0.15) is 17.5 Å². The Morgan fingerprint density at radius 3 is 2.46 bits per heavy atom. The summed E-state index contributed by atoms with van der Waals surface area (Å²) in [7, 11) is 5.26. The third kappa shape index (κ3) is 5.61. The second-order valence-corrected chi connectivity index (χ2v) is 10.5. The molecule has 1 aliphatic heterocycles. The average Bonchev–Trinajstić information content (AvgIpc) is 3.26. The predicted molar refractivity (Wildman–Crippen MR) is 144 cm³/mol. The molecule has 2 aliphatic rings. The van der Waals surface area contributed by atoms with Gasteiger partial charge in [0, 0.05) is 44.2 Å². The van der Waals surface area contributed by atoms with E-state index in [9.17, 15) is 14.4 Å². The van der Waals surface area contributed by atoms with Crippen LogP contribution in [0.2, 0.25) is 0 Å². The molecule has 1 aromatic carbocycles. The molecule has 0 spiro atoms. The van der Waals surface area contributed by atoms with E-state index in [4.69, 9.17) is 4.74 Å². The number of ether oxygens (including phenoxy) is 1. The second kappa shape index (κ2) is 11.5. The molecule has 202 valence electrons. The van der Waals surface area contributed by atoms with Crippen molar-refractivity contribution in [3.05, 3.63) is 30.0 Å². The lowest BCUT2D eigenvalue weighted by atomic mass is 9.83. The molecule has 3 amide bonds. The van der Waals surface area contributed by atoms with Crippen LogP contribution in [0.15, 0.2) is 24.3 Å². The molecule has 1 saturated heterocycles. The Labute approximate surface area is 219 Å². The Morgan fingerprint density at radius 1 is 1.08 bits per heavy atom. The number of carbonyl (C=O) groups excluding carboxylic acids is 3. The van der Waals surface area contributed by atoms with Crippen molar-refractivity contribution >= 4 is 28.6 Å². The van der Waals surface area contributed by atoms with E-state index in [1.165, 1.54) is 6.42 Å². The number of amides is 3. The Kier molecular flexibility index (Phi) is 8.42. The minimum Gasteiger partial charge on any atom is -0.497 e. The van der Waals surface area contributed by atoms with Gasteiger partial charge < -0.3 is 29.7 Å². The topological polar surface area (TPSA) is 95.9 Å². The lowest BCUT2D eigenvalue weighted by molar-refractivity contribution is -0.142. The summed E-state index contributed by atoms with van der Waals surface area (Å²) in [4.78, 5) is 43.7. The zero-order valence-electron chi connectivity index (χ0n) is 22.8. The molecular weight excluding hydrogens is 470 g/mol. The molecule has 2 aromatic rings. The van der Waals surface area contributed by atoms with Crippen LogP contribution in [-0.2, 0) is 16.6 Å². The zero-order valence-corrected chi connectivity index (χ0v) is 22.8. The van der Waals surface area contributed by atoms with Crippen LogP contribution in [0.4, 0.5) is 0 Å². The monoisotopic (exact) mass is 511 g/mol. The van der Waals surface area contributed by atoms with Gasteiger partial charge in [0.25, 0.3) is 5.91 Å². The van der Waals surface area contributed by atoms with E-state index < -0.39 is 6.04 Å². The Morgan fingerprint density at radius 2 is 1.81 bits per heavy atom. The Bertz CT molecular complexity index is 1140. The summed E-state index contributed by atoms with van der Waals surface area (Å²) in [6, 6.07) is 6.65. The van der Waals surface area contributed by atoms with Crippen molar-refractivity contribution in [2.24, 2.45) is 13.0 Å². The first-order chi connectivity index (χ1) is 17.7. The quantitative estimate of drug-likeness (QED) is 0.596. The van der Waals surface area contributed by atoms with Crippen molar-refractivity contribution in [2.75, 3.05) is 33.8 Å². The number of nitrogens with one attached hydrogen (secondary N) is 2. The van der Waals surface area contributed by atoms with Crippen molar-refractivity contribution in [2.45, 2.75) is 64.1 Å². The number of aromatic nitrogens is 1. The van der Waals surface area contributed by atoms with Crippen LogP contribution in [0.3, 0.4) is 0 Å². The average molecular weight is 512 g/mol. The van der Waals surface area contributed by atoms with Crippen molar-refractivity contribution in [1.29, 1.82) is 0 Å². The first kappa shape index (κ1) is 27.0. The number of piperazine rings is 1. The molecular formula is C28H41N5O4. The Balaban J connectivity index is 1.48. The summed E-state index contributed by atoms with van der Waals surface area (Å²) in [5.74, 6) is 0.669. The third-order valence-corrected chi connectivity index (χ3v) is 8.18. The molecule has 1 saturated carbocycles. The number of benzene rings is 1. The minimum atomic E-state index is -0.526. The fourth-order valence-corrected chi connectivity index (χ4v) is 5.71. The van der Waals surface area contributed by atoms with E-state index in [-0.39, 0.29) is 35.7 Å². The summed E-state index contributed by atoms with van der Waals surface area (Å²) < 4.78 is 7.24. The maximum Gasteiger partial charge on any atom is 0.270 e. The number of aryl methyl sites for hydroxylation is 1. The number of carbonyl (C=O) groups is 3. The van der Waals surface area contributed by atoms with Gasteiger partial charge in [0.05, 0.1) is 18.7 Å². The maximum absolute atomic E-state index is 13.8. The minimum absolute atomic E-state index is 0.0279. The lowest BCUT2D eigenvalue weighted by Crippen LogP contribution is -2.62. The van der Waals surface area contributed by atoms with Gasteiger partial charge in [0.2, 0.25) is 11.8 Å². The van der Waals surface area contributed by atoms with Crippen LogP contribution in [0.25, 0.3) is 10.9 Å². The summed E-state index contributed by atoms with van der Waals surface area (Å²) in [5, 5.41) is 7.01. The SMILES string of the molecule is CNC(C)C(=O)NC(C(=O)N1CCN(C(=O)c2cc3ccc(OC)cc3n2C)C[C@H]1C)C1CCCCC1. The highest BCUT2D eigenvalue weighted by molar-refractivity contribution is 5.99.